The van der Waals surface area contributed by atoms with Gasteiger partial charge in [0.15, 0.2) is 0 Å². The van der Waals surface area contributed by atoms with Crippen LogP contribution in [0.2, 0.25) is 5.02 Å². The minimum Gasteiger partial charge on any atom is -0.490 e. The molecule has 0 saturated carbocycles. The number of hydrogen-bond acceptors (Lipinski definition) is 2. The summed E-state index contributed by atoms with van der Waals surface area (Å²) in [6.07, 6.45) is 0. The van der Waals surface area contributed by atoms with Gasteiger partial charge in [-0.3, -0.25) is 0 Å². The van der Waals surface area contributed by atoms with Crippen LogP contribution in [0.25, 0.3) is 0 Å². The number of amides is 2. The molecule has 0 fully saturated rings. The summed E-state index contributed by atoms with van der Waals surface area (Å²) in [6.45, 7) is 6.25. The minimum atomic E-state index is -0.417. The molecule has 2 amide bonds. The Labute approximate surface area is 117 Å². The third-order valence-electron chi connectivity index (χ3n) is 2.03. The lowest BCUT2D eigenvalue weighted by atomic mass is 10.1. The highest BCUT2D eigenvalue weighted by atomic mass is 35.5. The van der Waals surface area contributed by atoms with E-state index in [1.54, 1.807) is 0 Å². The first kappa shape index (κ1) is 15.6. The van der Waals surface area contributed by atoms with E-state index in [9.17, 15) is 9.18 Å². The van der Waals surface area contributed by atoms with Crippen molar-refractivity contribution in [3.05, 3.63) is 29.0 Å². The molecule has 0 aliphatic carbocycles. The number of halogens is 2. The molecule has 0 aromatic heterocycles. The number of hydrogen-bond donors (Lipinski definition) is 2. The topological polar surface area (TPSA) is 50.4 Å². The SMILES string of the molecule is CC(C)(C)NC(=O)NCCOc1ccc(F)cc1Cl. The monoisotopic (exact) mass is 288 g/mol. The van der Waals surface area contributed by atoms with Crippen molar-refractivity contribution >= 4 is 17.6 Å². The lowest BCUT2D eigenvalue weighted by Crippen LogP contribution is -2.47. The smallest absolute Gasteiger partial charge is 0.315 e. The number of benzene rings is 1. The fourth-order valence-corrected chi connectivity index (χ4v) is 1.52. The lowest BCUT2D eigenvalue weighted by Gasteiger charge is -2.20. The van der Waals surface area contributed by atoms with Crippen molar-refractivity contribution in [1.29, 1.82) is 0 Å². The summed E-state index contributed by atoms with van der Waals surface area (Å²) in [5.41, 5.74) is -0.287. The van der Waals surface area contributed by atoms with E-state index in [2.05, 4.69) is 10.6 Å². The molecule has 2 N–H and O–H groups in total. The van der Waals surface area contributed by atoms with E-state index in [0.717, 1.165) is 0 Å². The van der Waals surface area contributed by atoms with Crippen LogP contribution in [0.4, 0.5) is 9.18 Å². The average molecular weight is 289 g/mol. The molecule has 0 saturated heterocycles. The second kappa shape index (κ2) is 6.61. The summed E-state index contributed by atoms with van der Waals surface area (Å²) in [5, 5.41) is 5.61. The normalized spacial score (nSPS) is 11.0. The molecule has 0 unspecified atom stereocenters. The summed E-state index contributed by atoms with van der Waals surface area (Å²) in [5.74, 6) is -0.0267. The highest BCUT2D eigenvalue weighted by Gasteiger charge is 2.12. The Kier molecular flexibility index (Phi) is 5.42. The first-order chi connectivity index (χ1) is 8.78. The van der Waals surface area contributed by atoms with Gasteiger partial charge in [-0.25, -0.2) is 9.18 Å². The van der Waals surface area contributed by atoms with Gasteiger partial charge in [0.1, 0.15) is 18.2 Å². The van der Waals surface area contributed by atoms with Gasteiger partial charge < -0.3 is 15.4 Å². The number of nitrogens with one attached hydrogen (secondary N) is 2. The minimum absolute atomic E-state index is 0.208. The lowest BCUT2D eigenvalue weighted by molar-refractivity contribution is 0.228. The van der Waals surface area contributed by atoms with Crippen molar-refractivity contribution < 1.29 is 13.9 Å². The zero-order valence-electron chi connectivity index (χ0n) is 11.2. The summed E-state index contributed by atoms with van der Waals surface area (Å²) in [7, 11) is 0. The van der Waals surface area contributed by atoms with Gasteiger partial charge in [0.25, 0.3) is 0 Å². The van der Waals surface area contributed by atoms with Crippen LogP contribution < -0.4 is 15.4 Å². The Balaban J connectivity index is 2.29. The van der Waals surface area contributed by atoms with E-state index in [-0.39, 0.29) is 23.2 Å². The van der Waals surface area contributed by atoms with Crippen LogP contribution >= 0.6 is 11.6 Å². The molecular formula is C13H18ClFN2O2. The van der Waals surface area contributed by atoms with Gasteiger partial charge in [-0.15, -0.1) is 0 Å². The van der Waals surface area contributed by atoms with E-state index in [1.165, 1.54) is 18.2 Å². The number of carbonyl (C=O) groups excluding carboxylic acids is 1. The average Bonchev–Trinajstić information content (AvgIpc) is 2.24. The van der Waals surface area contributed by atoms with E-state index >= 15 is 0 Å². The molecule has 106 valence electrons. The predicted octanol–water partition coefficient (Wildman–Crippen LogP) is 2.96. The van der Waals surface area contributed by atoms with Crippen LogP contribution in [0.1, 0.15) is 20.8 Å². The molecule has 19 heavy (non-hydrogen) atoms. The molecule has 1 rings (SSSR count). The first-order valence-corrected chi connectivity index (χ1v) is 6.29. The predicted molar refractivity (Wildman–Crippen MR) is 73.2 cm³/mol. The van der Waals surface area contributed by atoms with E-state index < -0.39 is 5.82 Å². The van der Waals surface area contributed by atoms with Gasteiger partial charge >= 0.3 is 6.03 Å². The van der Waals surface area contributed by atoms with Crippen LogP contribution in [0.5, 0.6) is 5.75 Å². The molecule has 0 heterocycles. The summed E-state index contributed by atoms with van der Waals surface area (Å²) in [6, 6.07) is 3.63. The maximum atomic E-state index is 12.8. The van der Waals surface area contributed by atoms with Crippen molar-refractivity contribution in [2.75, 3.05) is 13.2 Å². The van der Waals surface area contributed by atoms with Crippen LogP contribution in [-0.2, 0) is 0 Å². The van der Waals surface area contributed by atoms with Crippen molar-refractivity contribution in [2.45, 2.75) is 26.3 Å². The Morgan fingerprint density at radius 3 is 2.68 bits per heavy atom. The zero-order valence-corrected chi connectivity index (χ0v) is 12.0. The standard InChI is InChI=1S/C13H18ClFN2O2/c1-13(2,3)17-12(18)16-6-7-19-11-5-4-9(15)8-10(11)14/h4-5,8H,6-7H2,1-3H3,(H2,16,17,18). The third kappa shape index (κ3) is 6.29. The van der Waals surface area contributed by atoms with Gasteiger partial charge in [0.2, 0.25) is 0 Å². The summed E-state index contributed by atoms with van der Waals surface area (Å²) >= 11 is 5.79. The van der Waals surface area contributed by atoms with Crippen LogP contribution in [0.15, 0.2) is 18.2 Å². The van der Waals surface area contributed by atoms with Crippen molar-refractivity contribution in [1.82, 2.24) is 10.6 Å². The van der Waals surface area contributed by atoms with Gasteiger partial charge in [-0.1, -0.05) is 11.6 Å². The molecule has 0 aliphatic rings. The van der Waals surface area contributed by atoms with E-state index in [1.807, 2.05) is 20.8 Å². The summed E-state index contributed by atoms with van der Waals surface area (Å²) < 4.78 is 18.1. The highest BCUT2D eigenvalue weighted by Crippen LogP contribution is 2.24. The molecule has 0 spiro atoms. The number of ether oxygens (including phenoxy) is 1. The molecule has 0 bridgehead atoms. The van der Waals surface area contributed by atoms with Gasteiger partial charge in [0.05, 0.1) is 11.6 Å². The van der Waals surface area contributed by atoms with Gasteiger partial charge in [-0.2, -0.15) is 0 Å². The maximum absolute atomic E-state index is 12.8. The van der Waals surface area contributed by atoms with Gasteiger partial charge in [0, 0.05) is 5.54 Å². The number of rotatable bonds is 4. The highest BCUT2D eigenvalue weighted by molar-refractivity contribution is 6.32. The van der Waals surface area contributed by atoms with Crippen molar-refractivity contribution in [2.24, 2.45) is 0 Å². The number of urea groups is 1. The maximum Gasteiger partial charge on any atom is 0.315 e. The molecule has 0 aliphatic heterocycles. The zero-order chi connectivity index (χ0) is 14.5. The molecule has 1 aromatic rings. The first-order valence-electron chi connectivity index (χ1n) is 5.92. The third-order valence-corrected chi connectivity index (χ3v) is 2.32. The second-order valence-electron chi connectivity index (χ2n) is 5.05. The molecule has 6 heteroatoms. The molecular weight excluding hydrogens is 271 g/mol. The Hall–Kier alpha value is -1.49. The number of carbonyl (C=O) groups is 1. The van der Waals surface area contributed by atoms with E-state index in [0.29, 0.717) is 12.3 Å². The quantitative estimate of drug-likeness (QED) is 0.837. The van der Waals surface area contributed by atoms with Crippen LogP contribution in [-0.4, -0.2) is 24.7 Å². The Morgan fingerprint density at radius 1 is 1.42 bits per heavy atom. The largest absolute Gasteiger partial charge is 0.490 e. The van der Waals surface area contributed by atoms with Crippen molar-refractivity contribution in [3.63, 3.8) is 0 Å². The Bertz CT molecular complexity index is 447. The fraction of sp³-hybridized carbons (Fsp3) is 0.462. The second-order valence-corrected chi connectivity index (χ2v) is 5.46. The molecule has 4 nitrogen and oxygen atoms in total. The molecule has 1 aromatic carbocycles. The van der Waals surface area contributed by atoms with Gasteiger partial charge in [-0.05, 0) is 39.0 Å². The Morgan fingerprint density at radius 2 is 2.11 bits per heavy atom. The molecule has 0 radical (unpaired) electrons. The van der Waals surface area contributed by atoms with E-state index in [4.69, 9.17) is 16.3 Å². The molecule has 0 atom stereocenters. The van der Waals surface area contributed by atoms with Crippen LogP contribution in [0, 0.1) is 5.82 Å². The van der Waals surface area contributed by atoms with Crippen LogP contribution in [0.3, 0.4) is 0 Å². The summed E-state index contributed by atoms with van der Waals surface area (Å²) in [4.78, 5) is 11.4. The fourth-order valence-electron chi connectivity index (χ4n) is 1.30. The van der Waals surface area contributed by atoms with Crippen molar-refractivity contribution in [3.8, 4) is 5.75 Å².